The van der Waals surface area contributed by atoms with Crippen molar-refractivity contribution in [2.75, 3.05) is 10.6 Å². The van der Waals surface area contributed by atoms with Gasteiger partial charge in [0, 0.05) is 39.2 Å². The van der Waals surface area contributed by atoms with E-state index in [-0.39, 0.29) is 17.7 Å². The first-order valence-electron chi connectivity index (χ1n) is 38.9. The lowest BCUT2D eigenvalue weighted by atomic mass is 9.72. The molecule has 115 heavy (non-hydrogen) atoms. The number of fused-ring (bicyclic) bond motifs is 4. The Bertz CT molecular complexity index is 5090. The minimum Gasteiger partial charge on any atom is -0.427 e. The molecule has 18 heteroatoms. The molecule has 2 amide bonds. The molecule has 4 N–H and O–H groups in total. The second-order valence-corrected chi connectivity index (χ2v) is 32.5. The summed E-state index contributed by atoms with van der Waals surface area (Å²) in [5.41, 5.74) is 9.01. The second kappa shape index (κ2) is 30.5. The second-order valence-electron chi connectivity index (χ2n) is 30.5. The highest BCUT2D eigenvalue weighted by Crippen LogP contribution is 2.67. The summed E-state index contributed by atoms with van der Waals surface area (Å²) in [6.45, 7) is 14.1. The number of aromatic amines is 2. The summed E-state index contributed by atoms with van der Waals surface area (Å²) in [6, 6.07) is 106. The zero-order valence-electron chi connectivity index (χ0n) is 64.6. The number of hydrogen-bond donors (Lipinski definition) is 4. The van der Waals surface area contributed by atoms with Gasteiger partial charge in [-0.15, -0.1) is 0 Å². The Morgan fingerprint density at radius 1 is 0.348 bits per heavy atom. The van der Waals surface area contributed by atoms with E-state index in [1.807, 2.05) is 295 Å². The SMILES string of the molecule is CCC(c1[nH]c2c(NC(=O)c3ccc(OP4OC(c5ccccc5)(c5ccccc5)C5OC(C)(C)OC5C(c5ccccc5)(c5ccccc5)O4)cc3)cccc2c1C)c1[nH]c2c(NC(=O)c3ccc(OP4OC(c5ccccc5)(c5ccccc5)C5OC(C)(C)OC5C(c5ccccc5)(c5ccccc5)O4)cc3)cccc2c1C. The summed E-state index contributed by atoms with van der Waals surface area (Å²) < 4.78 is 73.1. The standard InChI is InChI=1S/C97H86N4O12P2/c1-8-77(82-63(2)78-51-33-53-80(84(78)100-82)98-90(102)65-55-59-75(60-56-65)108-114-110-94(67-35-17-9-18-36-67,68-37-19-10-20-38-68)86-87(105-92(4,5)104-86)95(111-114,69-39-21-11-22-40-69)70-41-23-12-24-42-70)83-64(3)79-52-34-54-81(85(79)101-83)99-91(103)66-57-61-76(62-58-66)109-115-112-96(71-43-25-13-26-44-71,72-45-27-14-28-46-72)88-89(107-93(6,7)106-88)97(113-115,73-47-29-15-30-48-73)74-49-31-16-32-50-74/h9-62,77,86-89,100-101H,8H2,1-7H3,(H,98,102)(H,99,103). The maximum absolute atomic E-state index is 14.7. The van der Waals surface area contributed by atoms with Gasteiger partial charge in [-0.25, -0.2) is 0 Å². The quantitative estimate of drug-likeness (QED) is 0.0563. The summed E-state index contributed by atoms with van der Waals surface area (Å²) >= 11 is 0. The van der Waals surface area contributed by atoms with Crippen LogP contribution in [0.4, 0.5) is 11.4 Å². The predicted molar refractivity (Wildman–Crippen MR) is 449 cm³/mol. The molecule has 4 fully saturated rings. The average molecular weight is 1560 g/mol. The molecule has 4 atom stereocenters. The number of nitrogens with one attached hydrogen (secondary N) is 4. The molecule has 0 aliphatic carbocycles. The molecule has 0 spiro atoms. The Labute approximate surface area is 671 Å². The molecule has 18 rings (SSSR count). The van der Waals surface area contributed by atoms with E-state index in [1.54, 1.807) is 48.5 Å². The van der Waals surface area contributed by atoms with E-state index >= 15 is 0 Å². The van der Waals surface area contributed by atoms with Gasteiger partial charge in [0.1, 0.15) is 35.9 Å². The molecule has 4 aliphatic heterocycles. The van der Waals surface area contributed by atoms with Gasteiger partial charge < -0.3 is 48.6 Å². The van der Waals surface area contributed by atoms with Crippen molar-refractivity contribution in [3.8, 4) is 11.5 Å². The summed E-state index contributed by atoms with van der Waals surface area (Å²) in [4.78, 5) is 36.9. The number of amides is 2. The van der Waals surface area contributed by atoms with Crippen molar-refractivity contribution in [1.82, 2.24) is 9.97 Å². The third-order valence-electron chi connectivity index (χ3n) is 22.7. The van der Waals surface area contributed by atoms with E-state index in [9.17, 15) is 9.59 Å². The van der Waals surface area contributed by atoms with Crippen molar-refractivity contribution >= 4 is 62.2 Å². The lowest BCUT2D eigenvalue weighted by Crippen LogP contribution is -2.53. The van der Waals surface area contributed by atoms with Crippen LogP contribution in [-0.2, 0) is 59.4 Å². The van der Waals surface area contributed by atoms with Gasteiger partial charge in [0.25, 0.3) is 11.8 Å². The Kier molecular flexibility index (Phi) is 20.0. The van der Waals surface area contributed by atoms with Crippen LogP contribution in [-0.4, -0.2) is 57.8 Å². The fourth-order valence-electron chi connectivity index (χ4n) is 17.5. The fraction of sp³-hybridized carbons (Fsp3) is 0.196. The number of ether oxygens (including phenoxy) is 4. The zero-order chi connectivity index (χ0) is 78.7. The maximum atomic E-state index is 14.7. The highest BCUT2D eigenvalue weighted by atomic mass is 31.2. The molecule has 4 aliphatic rings. The van der Waals surface area contributed by atoms with Crippen LogP contribution in [0.2, 0.25) is 0 Å². The van der Waals surface area contributed by atoms with Crippen molar-refractivity contribution < 1.29 is 55.7 Å². The first kappa shape index (κ1) is 75.2. The lowest BCUT2D eigenvalue weighted by molar-refractivity contribution is -0.175. The molecular weight excluding hydrogens is 1480 g/mol. The van der Waals surface area contributed by atoms with E-state index in [0.29, 0.717) is 34.0 Å². The highest BCUT2D eigenvalue weighted by Gasteiger charge is 2.70. The molecule has 0 bridgehead atoms. The van der Waals surface area contributed by atoms with Crippen LogP contribution in [0.25, 0.3) is 21.8 Å². The van der Waals surface area contributed by atoms with E-state index in [1.165, 1.54) is 0 Å². The zero-order valence-corrected chi connectivity index (χ0v) is 66.4. The van der Waals surface area contributed by atoms with E-state index in [4.69, 9.17) is 46.1 Å². The molecule has 4 saturated heterocycles. The van der Waals surface area contributed by atoms with Crippen LogP contribution in [0.1, 0.15) is 135 Å². The number of aromatic nitrogens is 2. The van der Waals surface area contributed by atoms with Gasteiger partial charge in [-0.1, -0.05) is 274 Å². The Morgan fingerprint density at radius 2 is 0.591 bits per heavy atom. The van der Waals surface area contributed by atoms with Gasteiger partial charge >= 0.3 is 17.2 Å². The molecule has 16 nitrogen and oxygen atoms in total. The molecule has 12 aromatic carbocycles. The van der Waals surface area contributed by atoms with Crippen LogP contribution >= 0.6 is 17.2 Å². The van der Waals surface area contributed by atoms with Crippen molar-refractivity contribution in [3.05, 3.63) is 406 Å². The Morgan fingerprint density at radius 3 is 0.826 bits per heavy atom. The van der Waals surface area contributed by atoms with Crippen LogP contribution in [0.3, 0.4) is 0 Å². The Hall–Kier alpha value is -11.2. The maximum Gasteiger partial charge on any atom is 0.399 e. The molecular formula is C97H86N4O12P2. The van der Waals surface area contributed by atoms with Gasteiger partial charge in [-0.3, -0.25) is 27.7 Å². The molecule has 0 saturated carbocycles. The number of para-hydroxylation sites is 2. The normalized spacial score (nSPS) is 21.0. The minimum absolute atomic E-state index is 0.136. The number of carbonyl (C=O) groups is 2. The van der Waals surface area contributed by atoms with Gasteiger partial charge in [0.2, 0.25) is 0 Å². The highest BCUT2D eigenvalue weighted by molar-refractivity contribution is 7.42. The number of anilines is 2. The average Bonchev–Trinajstić information content (AvgIpc) is 1.55. The number of H-pyrrole nitrogens is 2. The van der Waals surface area contributed by atoms with E-state index in [0.717, 1.165) is 95.2 Å². The van der Waals surface area contributed by atoms with Gasteiger partial charge in [-0.05, 0) is 164 Å². The Balaban J connectivity index is 0.607. The lowest BCUT2D eigenvalue weighted by Gasteiger charge is -2.41. The number of hydrogen-bond acceptors (Lipinski definition) is 12. The van der Waals surface area contributed by atoms with Crippen LogP contribution in [0.15, 0.2) is 328 Å². The number of rotatable bonds is 19. The topological polar surface area (TPSA) is 182 Å². The van der Waals surface area contributed by atoms with Crippen LogP contribution < -0.4 is 19.7 Å². The largest absolute Gasteiger partial charge is 0.427 e. The molecule has 6 heterocycles. The predicted octanol–water partition coefficient (Wildman–Crippen LogP) is 22.4. The van der Waals surface area contributed by atoms with Crippen molar-refractivity contribution in [3.63, 3.8) is 0 Å². The summed E-state index contributed by atoms with van der Waals surface area (Å²) in [6.07, 6.45) is -2.42. The third-order valence-corrected chi connectivity index (χ3v) is 25.2. The molecule has 2 aromatic heterocycles. The van der Waals surface area contributed by atoms with Crippen molar-refractivity contribution in [2.24, 2.45) is 0 Å². The smallest absolute Gasteiger partial charge is 0.399 e. The number of benzene rings is 12. The molecule has 14 aromatic rings. The number of carbonyl (C=O) groups excluding carboxylic acids is 2. The van der Waals surface area contributed by atoms with E-state index in [2.05, 4.69) is 53.5 Å². The van der Waals surface area contributed by atoms with Crippen LogP contribution in [0, 0.1) is 13.8 Å². The molecule has 0 radical (unpaired) electrons. The first-order valence-corrected chi connectivity index (χ1v) is 41.1. The fourth-order valence-corrected chi connectivity index (χ4v) is 20.5. The number of aryl methyl sites for hydroxylation is 2. The molecule has 576 valence electrons. The first-order chi connectivity index (χ1) is 56.0. The molecule has 4 unspecified atom stereocenters. The summed E-state index contributed by atoms with van der Waals surface area (Å²) in [5.74, 6) is -2.07. The minimum atomic E-state index is -2.36. The van der Waals surface area contributed by atoms with Crippen molar-refractivity contribution in [2.45, 2.75) is 119 Å². The van der Waals surface area contributed by atoms with Gasteiger partial charge in [0.15, 0.2) is 34.0 Å². The monoisotopic (exact) mass is 1560 g/mol. The van der Waals surface area contributed by atoms with Crippen LogP contribution in [0.5, 0.6) is 11.5 Å². The van der Waals surface area contributed by atoms with Gasteiger partial charge in [-0.2, -0.15) is 0 Å². The van der Waals surface area contributed by atoms with Gasteiger partial charge in [0.05, 0.1) is 22.4 Å². The van der Waals surface area contributed by atoms with Crippen molar-refractivity contribution in [1.29, 1.82) is 0 Å². The third kappa shape index (κ3) is 13.4. The van der Waals surface area contributed by atoms with E-state index < -0.39 is 75.6 Å². The summed E-state index contributed by atoms with van der Waals surface area (Å²) in [5, 5.41) is 8.43. The summed E-state index contributed by atoms with van der Waals surface area (Å²) in [7, 11) is -4.72.